The lowest BCUT2D eigenvalue weighted by Crippen LogP contribution is -2.26. The molecule has 0 fully saturated rings. The molecule has 1 aromatic heterocycles. The van der Waals surface area contributed by atoms with E-state index in [4.69, 9.17) is 17.3 Å². The molecule has 1 rings (SSSR count). The Kier molecular flexibility index (Phi) is 2.93. The van der Waals surface area contributed by atoms with Crippen LogP contribution in [0.15, 0.2) is 6.07 Å². The van der Waals surface area contributed by atoms with E-state index in [1.807, 2.05) is 11.9 Å². The molecule has 0 aliphatic rings. The monoisotopic (exact) mass is 200 g/mol. The normalized spacial score (nSPS) is 10.5. The summed E-state index contributed by atoms with van der Waals surface area (Å²) in [5, 5.41) is 0.183. The van der Waals surface area contributed by atoms with Crippen molar-refractivity contribution in [2.24, 2.45) is 0 Å². The fourth-order valence-corrected chi connectivity index (χ4v) is 1.05. The molecule has 1 heterocycles. The van der Waals surface area contributed by atoms with Crippen LogP contribution in [-0.4, -0.2) is 23.1 Å². The fourth-order valence-electron chi connectivity index (χ4n) is 0.868. The van der Waals surface area contributed by atoms with Gasteiger partial charge in [-0.1, -0.05) is 0 Å². The lowest BCUT2D eigenvalue weighted by atomic mass is 10.3. The smallest absolute Gasteiger partial charge is 0.226 e. The molecule has 0 spiro atoms. The van der Waals surface area contributed by atoms with E-state index in [0.717, 1.165) is 5.82 Å². The number of nitrogens with two attached hydrogens (primary N) is 1. The fraction of sp³-hybridized carbons (Fsp3) is 0.500. The van der Waals surface area contributed by atoms with Gasteiger partial charge in [0.25, 0.3) is 0 Å². The Morgan fingerprint density at radius 1 is 1.46 bits per heavy atom. The van der Waals surface area contributed by atoms with Gasteiger partial charge in [-0.25, -0.2) is 9.97 Å². The maximum atomic E-state index is 5.67. The van der Waals surface area contributed by atoms with Gasteiger partial charge in [0.2, 0.25) is 5.28 Å². The summed E-state index contributed by atoms with van der Waals surface area (Å²) < 4.78 is 0. The Bertz CT molecular complexity index is 280. The third-order valence-corrected chi connectivity index (χ3v) is 2.01. The van der Waals surface area contributed by atoms with Crippen LogP contribution in [0.5, 0.6) is 0 Å². The van der Waals surface area contributed by atoms with E-state index in [2.05, 4.69) is 23.8 Å². The van der Waals surface area contributed by atoms with E-state index in [9.17, 15) is 0 Å². The Morgan fingerprint density at radius 2 is 2.08 bits per heavy atom. The first-order valence-corrected chi connectivity index (χ1v) is 4.41. The Hall–Kier alpha value is -1.03. The molecule has 1 aromatic rings. The molecule has 0 amide bonds. The molecule has 0 atom stereocenters. The highest BCUT2D eigenvalue weighted by molar-refractivity contribution is 6.28. The highest BCUT2D eigenvalue weighted by Gasteiger charge is 2.08. The molecular formula is C8H13ClN4. The predicted octanol–water partition coefficient (Wildman–Crippen LogP) is 1.56. The molecule has 2 N–H and O–H groups in total. The summed E-state index contributed by atoms with van der Waals surface area (Å²) in [5.41, 5.74) is 5.54. The average molecular weight is 201 g/mol. The zero-order chi connectivity index (χ0) is 10.0. The topological polar surface area (TPSA) is 55.0 Å². The lowest BCUT2D eigenvalue weighted by Gasteiger charge is -2.22. The molecule has 0 aliphatic carbocycles. The molecule has 0 saturated heterocycles. The van der Waals surface area contributed by atoms with Crippen molar-refractivity contribution in [2.45, 2.75) is 19.9 Å². The van der Waals surface area contributed by atoms with Gasteiger partial charge in [0.1, 0.15) is 11.6 Å². The van der Waals surface area contributed by atoms with Gasteiger partial charge in [0, 0.05) is 19.2 Å². The van der Waals surface area contributed by atoms with Crippen LogP contribution in [0.1, 0.15) is 13.8 Å². The lowest BCUT2D eigenvalue weighted by molar-refractivity contribution is 0.742. The van der Waals surface area contributed by atoms with Gasteiger partial charge in [-0.2, -0.15) is 0 Å². The van der Waals surface area contributed by atoms with Gasteiger partial charge in [-0.15, -0.1) is 0 Å². The van der Waals surface area contributed by atoms with Gasteiger partial charge in [-0.05, 0) is 25.4 Å². The summed E-state index contributed by atoms with van der Waals surface area (Å²) in [6.45, 7) is 4.12. The first kappa shape index (κ1) is 10.1. The first-order valence-electron chi connectivity index (χ1n) is 4.03. The van der Waals surface area contributed by atoms with Crippen LogP contribution in [0.25, 0.3) is 0 Å². The number of halogens is 1. The van der Waals surface area contributed by atoms with E-state index in [1.54, 1.807) is 6.07 Å². The Balaban J connectivity index is 3.01. The maximum Gasteiger partial charge on any atom is 0.226 e. The van der Waals surface area contributed by atoms with Gasteiger partial charge in [0.05, 0.1) is 0 Å². The van der Waals surface area contributed by atoms with Crippen molar-refractivity contribution in [3.63, 3.8) is 0 Å². The van der Waals surface area contributed by atoms with Crippen molar-refractivity contribution in [3.05, 3.63) is 11.3 Å². The molecule has 0 radical (unpaired) electrons. The van der Waals surface area contributed by atoms with Crippen molar-refractivity contribution in [1.82, 2.24) is 9.97 Å². The number of anilines is 2. The zero-order valence-electron chi connectivity index (χ0n) is 7.95. The van der Waals surface area contributed by atoms with Crippen LogP contribution < -0.4 is 10.6 Å². The maximum absolute atomic E-state index is 5.67. The first-order chi connectivity index (χ1) is 6.00. The molecule has 4 nitrogen and oxygen atoms in total. The summed E-state index contributed by atoms with van der Waals surface area (Å²) in [5.74, 6) is 1.13. The third kappa shape index (κ3) is 2.45. The van der Waals surface area contributed by atoms with Gasteiger partial charge in [0.15, 0.2) is 0 Å². The zero-order valence-corrected chi connectivity index (χ0v) is 8.71. The minimum absolute atomic E-state index is 0.183. The van der Waals surface area contributed by atoms with Crippen LogP contribution in [-0.2, 0) is 0 Å². The molecule has 0 aromatic carbocycles. The van der Waals surface area contributed by atoms with E-state index in [1.165, 1.54) is 0 Å². The summed E-state index contributed by atoms with van der Waals surface area (Å²) in [4.78, 5) is 9.81. The van der Waals surface area contributed by atoms with E-state index >= 15 is 0 Å². The van der Waals surface area contributed by atoms with Gasteiger partial charge >= 0.3 is 0 Å². The summed E-state index contributed by atoms with van der Waals surface area (Å²) in [6, 6.07) is 2.05. The van der Waals surface area contributed by atoms with Crippen molar-refractivity contribution in [1.29, 1.82) is 0 Å². The van der Waals surface area contributed by atoms with Gasteiger partial charge in [-0.3, -0.25) is 0 Å². The molecule has 72 valence electrons. The minimum Gasteiger partial charge on any atom is -0.383 e. The van der Waals surface area contributed by atoms with Crippen LogP contribution in [0.3, 0.4) is 0 Å². The number of hydrogen-bond donors (Lipinski definition) is 1. The van der Waals surface area contributed by atoms with E-state index < -0.39 is 0 Å². The van der Waals surface area contributed by atoms with E-state index in [0.29, 0.717) is 11.9 Å². The highest BCUT2D eigenvalue weighted by atomic mass is 35.5. The second-order valence-corrected chi connectivity index (χ2v) is 3.46. The Labute approximate surface area is 82.7 Å². The number of rotatable bonds is 2. The molecule has 0 saturated carbocycles. The number of aromatic nitrogens is 2. The molecular weight excluding hydrogens is 188 g/mol. The summed E-state index contributed by atoms with van der Waals surface area (Å²) in [6.07, 6.45) is 0. The van der Waals surface area contributed by atoms with Crippen molar-refractivity contribution in [3.8, 4) is 0 Å². The largest absolute Gasteiger partial charge is 0.383 e. The number of hydrogen-bond acceptors (Lipinski definition) is 4. The van der Waals surface area contributed by atoms with Crippen LogP contribution in [0.4, 0.5) is 11.6 Å². The molecule has 0 unspecified atom stereocenters. The second-order valence-electron chi connectivity index (χ2n) is 3.12. The summed E-state index contributed by atoms with van der Waals surface area (Å²) >= 11 is 5.67. The third-order valence-electron chi connectivity index (χ3n) is 1.84. The van der Waals surface area contributed by atoms with Crippen molar-refractivity contribution < 1.29 is 0 Å². The molecule has 0 aliphatic heterocycles. The van der Waals surface area contributed by atoms with Crippen LogP contribution in [0.2, 0.25) is 5.28 Å². The SMILES string of the molecule is CC(C)N(C)c1cc(N)nc(Cl)n1. The van der Waals surface area contributed by atoms with Crippen LogP contribution >= 0.6 is 11.6 Å². The second kappa shape index (κ2) is 3.79. The van der Waals surface area contributed by atoms with Crippen molar-refractivity contribution in [2.75, 3.05) is 17.7 Å². The predicted molar refractivity (Wildman–Crippen MR) is 55.0 cm³/mol. The average Bonchev–Trinajstić information content (AvgIpc) is 2.01. The molecule has 5 heteroatoms. The van der Waals surface area contributed by atoms with E-state index in [-0.39, 0.29) is 5.28 Å². The molecule has 0 bridgehead atoms. The number of nitrogens with zero attached hydrogens (tertiary/aromatic N) is 3. The minimum atomic E-state index is 0.183. The molecule has 13 heavy (non-hydrogen) atoms. The standard InChI is InChI=1S/C8H13ClN4/c1-5(2)13(3)7-4-6(10)11-8(9)12-7/h4-5H,1-3H3,(H2,10,11,12). The quantitative estimate of drug-likeness (QED) is 0.737. The van der Waals surface area contributed by atoms with Crippen molar-refractivity contribution >= 4 is 23.2 Å². The Morgan fingerprint density at radius 3 is 2.54 bits per heavy atom. The number of nitrogen functional groups attached to an aromatic ring is 1. The highest BCUT2D eigenvalue weighted by Crippen LogP contribution is 2.16. The van der Waals surface area contributed by atoms with Crippen LogP contribution in [0, 0.1) is 0 Å². The summed E-state index contributed by atoms with van der Waals surface area (Å²) in [7, 11) is 1.93. The van der Waals surface area contributed by atoms with Gasteiger partial charge < -0.3 is 10.6 Å².